The van der Waals surface area contributed by atoms with Gasteiger partial charge in [0.05, 0.1) is 31.5 Å². The Morgan fingerprint density at radius 1 is 1.04 bits per heavy atom. The molecule has 1 aromatic heterocycles. The molecule has 0 spiro atoms. The second-order valence-corrected chi connectivity index (χ2v) is 5.72. The fraction of sp³-hybridized carbons (Fsp3) is 0.353. The van der Waals surface area contributed by atoms with E-state index in [1.807, 2.05) is 30.3 Å². The first-order chi connectivity index (χ1) is 11.2. The van der Waals surface area contributed by atoms with Gasteiger partial charge >= 0.3 is 0 Å². The third-order valence-corrected chi connectivity index (χ3v) is 4.01. The highest BCUT2D eigenvalue weighted by Crippen LogP contribution is 2.29. The lowest BCUT2D eigenvalue weighted by Crippen LogP contribution is -2.18. The first kappa shape index (κ1) is 17.6. The molecule has 2 rings (SSSR count). The van der Waals surface area contributed by atoms with Gasteiger partial charge in [0.25, 0.3) is 0 Å². The highest BCUT2D eigenvalue weighted by Gasteiger charge is 2.11. The number of pyridine rings is 1. The molecule has 0 unspecified atom stereocenters. The van der Waals surface area contributed by atoms with Crippen LogP contribution in [0.1, 0.15) is 11.3 Å². The summed E-state index contributed by atoms with van der Waals surface area (Å²) in [4.78, 5) is 4.48. The van der Waals surface area contributed by atoms with E-state index < -0.39 is 0 Å². The maximum atomic E-state index is 5.38. The Kier molecular flexibility index (Phi) is 6.67. The van der Waals surface area contributed by atoms with Crippen LogP contribution < -0.4 is 19.5 Å². The molecule has 1 N–H and O–H groups in total. The number of rotatable bonds is 8. The van der Waals surface area contributed by atoms with E-state index in [-0.39, 0.29) is 0 Å². The molecule has 124 valence electrons. The average Bonchev–Trinajstić information content (AvgIpc) is 2.59. The number of methoxy groups -OCH3 is 3. The van der Waals surface area contributed by atoms with Crippen molar-refractivity contribution in [3.05, 3.63) is 46.1 Å². The average molecular weight is 381 g/mol. The van der Waals surface area contributed by atoms with Crippen molar-refractivity contribution in [3.63, 3.8) is 0 Å². The van der Waals surface area contributed by atoms with Crippen molar-refractivity contribution < 1.29 is 14.2 Å². The molecule has 1 aromatic carbocycles. The molecule has 2 aromatic rings. The van der Waals surface area contributed by atoms with E-state index in [4.69, 9.17) is 14.2 Å². The smallest absolute Gasteiger partial charge is 0.228 e. The van der Waals surface area contributed by atoms with Crippen LogP contribution in [0.3, 0.4) is 0 Å². The normalized spacial score (nSPS) is 10.4. The van der Waals surface area contributed by atoms with Gasteiger partial charge in [0.2, 0.25) is 5.88 Å². The Hall–Kier alpha value is -1.79. The fourth-order valence-electron chi connectivity index (χ4n) is 2.27. The maximum Gasteiger partial charge on any atom is 0.228 e. The second-order valence-electron chi connectivity index (χ2n) is 4.87. The molecule has 6 heteroatoms. The first-order valence-corrected chi connectivity index (χ1v) is 8.09. The van der Waals surface area contributed by atoms with Crippen LogP contribution in [0, 0.1) is 0 Å². The molecular formula is C17H21BrN2O3. The Bertz CT molecular complexity index is 650. The Labute approximate surface area is 145 Å². The van der Waals surface area contributed by atoms with Crippen LogP contribution in [0.15, 0.2) is 34.8 Å². The second kappa shape index (κ2) is 8.74. The predicted octanol–water partition coefficient (Wildman–Crippen LogP) is 3.20. The molecule has 0 saturated carbocycles. The molecular weight excluding hydrogens is 360 g/mol. The summed E-state index contributed by atoms with van der Waals surface area (Å²) in [5.74, 6) is 2.20. The molecule has 0 saturated heterocycles. The molecule has 0 atom stereocenters. The van der Waals surface area contributed by atoms with E-state index in [0.29, 0.717) is 5.88 Å². The predicted molar refractivity (Wildman–Crippen MR) is 93.4 cm³/mol. The van der Waals surface area contributed by atoms with E-state index in [1.54, 1.807) is 21.3 Å². The summed E-state index contributed by atoms with van der Waals surface area (Å²) in [5.41, 5.74) is 1.99. The monoisotopic (exact) mass is 380 g/mol. The zero-order valence-electron chi connectivity index (χ0n) is 13.6. The van der Waals surface area contributed by atoms with E-state index in [9.17, 15) is 0 Å². The van der Waals surface area contributed by atoms with Gasteiger partial charge in [0, 0.05) is 31.1 Å². The lowest BCUT2D eigenvalue weighted by molar-refractivity contribution is 0.379. The fourth-order valence-corrected chi connectivity index (χ4v) is 2.73. The topological polar surface area (TPSA) is 52.6 Å². The molecule has 0 aliphatic carbocycles. The van der Waals surface area contributed by atoms with E-state index in [2.05, 4.69) is 26.2 Å². The van der Waals surface area contributed by atoms with Gasteiger partial charge in [0.1, 0.15) is 11.5 Å². The Morgan fingerprint density at radius 3 is 2.48 bits per heavy atom. The number of halogens is 1. The molecule has 0 aliphatic heterocycles. The van der Waals surface area contributed by atoms with Gasteiger partial charge in [-0.1, -0.05) is 18.2 Å². The number of nitrogens with one attached hydrogen (secondary N) is 1. The molecule has 1 heterocycles. The third-order valence-electron chi connectivity index (χ3n) is 3.44. The summed E-state index contributed by atoms with van der Waals surface area (Å²) in [7, 11) is 4.92. The third kappa shape index (κ3) is 4.59. The molecule has 0 amide bonds. The summed E-state index contributed by atoms with van der Waals surface area (Å²) in [6.07, 6.45) is 0.738. The van der Waals surface area contributed by atoms with Crippen LogP contribution in [-0.4, -0.2) is 32.9 Å². The van der Waals surface area contributed by atoms with E-state index in [1.165, 1.54) is 0 Å². The minimum atomic E-state index is 0.561. The van der Waals surface area contributed by atoms with Crippen LogP contribution >= 0.6 is 15.9 Å². The lowest BCUT2D eigenvalue weighted by atomic mass is 10.2. The molecule has 0 bridgehead atoms. The minimum Gasteiger partial charge on any atom is -0.496 e. The van der Waals surface area contributed by atoms with Crippen molar-refractivity contribution >= 4 is 15.9 Å². The standard InChI is InChI=1S/C17H21BrN2O3/c1-21-15-7-5-4-6-12(15)11-19-9-8-14-16(22-2)10-13(18)17(20-14)23-3/h4-7,10,19H,8-9,11H2,1-3H3. The van der Waals surface area contributed by atoms with Crippen molar-refractivity contribution in [1.29, 1.82) is 0 Å². The number of para-hydroxylation sites is 1. The van der Waals surface area contributed by atoms with Crippen LogP contribution in [0.5, 0.6) is 17.4 Å². The Balaban J connectivity index is 1.96. The van der Waals surface area contributed by atoms with Crippen molar-refractivity contribution in [2.24, 2.45) is 0 Å². The van der Waals surface area contributed by atoms with Gasteiger partial charge in [-0.3, -0.25) is 0 Å². The summed E-state index contributed by atoms with van der Waals surface area (Å²) < 4.78 is 16.7. The van der Waals surface area contributed by atoms with Crippen molar-refractivity contribution in [1.82, 2.24) is 10.3 Å². The van der Waals surface area contributed by atoms with Gasteiger partial charge in [0.15, 0.2) is 0 Å². The molecule has 0 fully saturated rings. The number of nitrogens with zero attached hydrogens (tertiary/aromatic N) is 1. The van der Waals surface area contributed by atoms with Crippen LogP contribution in [0.4, 0.5) is 0 Å². The van der Waals surface area contributed by atoms with Gasteiger partial charge < -0.3 is 19.5 Å². The largest absolute Gasteiger partial charge is 0.496 e. The SMILES string of the molecule is COc1ccccc1CNCCc1nc(OC)c(Br)cc1OC. The zero-order chi connectivity index (χ0) is 16.7. The molecule has 23 heavy (non-hydrogen) atoms. The van der Waals surface area contributed by atoms with Gasteiger partial charge in [-0.15, -0.1) is 0 Å². The van der Waals surface area contributed by atoms with Crippen molar-refractivity contribution in [2.45, 2.75) is 13.0 Å². The minimum absolute atomic E-state index is 0.561. The highest BCUT2D eigenvalue weighted by molar-refractivity contribution is 9.10. The number of ether oxygens (including phenoxy) is 3. The zero-order valence-corrected chi connectivity index (χ0v) is 15.1. The summed E-state index contributed by atoms with van der Waals surface area (Å²) in [6, 6.07) is 9.85. The van der Waals surface area contributed by atoms with E-state index >= 15 is 0 Å². The van der Waals surface area contributed by atoms with Crippen LogP contribution in [-0.2, 0) is 13.0 Å². The van der Waals surface area contributed by atoms with E-state index in [0.717, 1.165) is 46.7 Å². The summed E-state index contributed by atoms with van der Waals surface area (Å²) in [6.45, 7) is 1.51. The quantitative estimate of drug-likeness (QED) is 0.712. The molecule has 5 nitrogen and oxygen atoms in total. The maximum absolute atomic E-state index is 5.38. The number of benzene rings is 1. The summed E-state index contributed by atoms with van der Waals surface area (Å²) >= 11 is 3.41. The number of hydrogen-bond acceptors (Lipinski definition) is 5. The van der Waals surface area contributed by atoms with Crippen LogP contribution in [0.2, 0.25) is 0 Å². The number of aromatic nitrogens is 1. The van der Waals surface area contributed by atoms with Crippen molar-refractivity contribution in [3.8, 4) is 17.4 Å². The summed E-state index contributed by atoms with van der Waals surface area (Å²) in [5, 5.41) is 3.40. The van der Waals surface area contributed by atoms with Gasteiger partial charge in [-0.25, -0.2) is 4.98 Å². The molecule has 0 aliphatic rings. The van der Waals surface area contributed by atoms with Gasteiger partial charge in [-0.05, 0) is 22.0 Å². The van der Waals surface area contributed by atoms with Gasteiger partial charge in [-0.2, -0.15) is 0 Å². The number of hydrogen-bond donors (Lipinski definition) is 1. The van der Waals surface area contributed by atoms with Crippen LogP contribution in [0.25, 0.3) is 0 Å². The highest BCUT2D eigenvalue weighted by atomic mass is 79.9. The Morgan fingerprint density at radius 2 is 1.78 bits per heavy atom. The molecule has 0 radical (unpaired) electrons. The van der Waals surface area contributed by atoms with Crippen molar-refractivity contribution in [2.75, 3.05) is 27.9 Å². The lowest BCUT2D eigenvalue weighted by Gasteiger charge is -2.12. The first-order valence-electron chi connectivity index (χ1n) is 7.29.